The highest BCUT2D eigenvalue weighted by molar-refractivity contribution is 5.70. The second kappa shape index (κ2) is 7.97. The Morgan fingerprint density at radius 3 is 2.69 bits per heavy atom. The summed E-state index contributed by atoms with van der Waals surface area (Å²) < 4.78 is 0. The van der Waals surface area contributed by atoms with Crippen LogP contribution in [0.15, 0.2) is 17.3 Å². The normalized spacial score (nSPS) is 49.8. The Morgan fingerprint density at radius 2 is 1.90 bits per heavy atom. The third kappa shape index (κ3) is 3.37. The minimum Gasteiger partial charge on any atom is -0.394 e. The Labute approximate surface area is 175 Å². The predicted molar refractivity (Wildman–Crippen MR) is 115 cm³/mol. The van der Waals surface area contributed by atoms with E-state index in [-0.39, 0.29) is 11.5 Å². The molecule has 164 valence electrons. The molecule has 5 nitrogen and oxygen atoms in total. The van der Waals surface area contributed by atoms with E-state index in [4.69, 9.17) is 10.6 Å². The number of nitrogens with zero attached hydrogens (tertiary/aromatic N) is 1. The Morgan fingerprint density at radius 1 is 1.07 bits per heavy atom. The van der Waals surface area contributed by atoms with Gasteiger partial charge in [0, 0.05) is 12.0 Å². The van der Waals surface area contributed by atoms with Crippen LogP contribution in [0.25, 0.3) is 0 Å². The first-order valence-electron chi connectivity index (χ1n) is 11.8. The fourth-order valence-electron chi connectivity index (χ4n) is 7.92. The van der Waals surface area contributed by atoms with Crippen LogP contribution >= 0.6 is 0 Å². The number of nitrogens with two attached hydrogens (primary N) is 1. The lowest BCUT2D eigenvalue weighted by Gasteiger charge is -2.63. The average Bonchev–Trinajstić information content (AvgIpc) is 2.96. The van der Waals surface area contributed by atoms with Crippen molar-refractivity contribution in [1.29, 1.82) is 0 Å². The molecule has 0 bridgehead atoms. The van der Waals surface area contributed by atoms with Crippen LogP contribution < -0.4 is 5.73 Å². The van der Waals surface area contributed by atoms with Gasteiger partial charge in [0.1, 0.15) is 6.61 Å². The van der Waals surface area contributed by atoms with Crippen molar-refractivity contribution < 1.29 is 15.1 Å². The Balaban J connectivity index is 1.51. The van der Waals surface area contributed by atoms with Gasteiger partial charge in [-0.15, -0.1) is 0 Å². The van der Waals surface area contributed by atoms with Crippen LogP contribution in [0, 0.1) is 34.5 Å². The van der Waals surface area contributed by atoms with Gasteiger partial charge in [-0.1, -0.05) is 25.1 Å². The fourth-order valence-corrected chi connectivity index (χ4v) is 7.92. The van der Waals surface area contributed by atoms with Gasteiger partial charge in [0.05, 0.1) is 17.9 Å². The summed E-state index contributed by atoms with van der Waals surface area (Å²) >= 11 is 0. The molecule has 0 spiro atoms. The molecule has 0 aromatic heterocycles. The second-order valence-electron chi connectivity index (χ2n) is 10.7. The zero-order valence-corrected chi connectivity index (χ0v) is 18.2. The molecule has 0 radical (unpaired) electrons. The summed E-state index contributed by atoms with van der Waals surface area (Å²) in [6, 6.07) is 0. The molecule has 5 heteroatoms. The van der Waals surface area contributed by atoms with Crippen LogP contribution in [-0.4, -0.2) is 41.3 Å². The van der Waals surface area contributed by atoms with E-state index in [2.05, 4.69) is 25.1 Å². The molecule has 4 aliphatic carbocycles. The average molecular weight is 405 g/mol. The van der Waals surface area contributed by atoms with E-state index in [1.54, 1.807) is 6.21 Å². The van der Waals surface area contributed by atoms with Gasteiger partial charge in [0.25, 0.3) is 0 Å². The molecule has 4 saturated carbocycles. The van der Waals surface area contributed by atoms with Crippen molar-refractivity contribution in [2.75, 3.05) is 13.2 Å². The minimum absolute atomic E-state index is 0.0615. The van der Waals surface area contributed by atoms with E-state index in [9.17, 15) is 10.2 Å². The summed E-state index contributed by atoms with van der Waals surface area (Å²) in [4.78, 5) is 5.06. The molecule has 8 atom stereocenters. The number of hydrogen-bond acceptors (Lipinski definition) is 5. The SMILES string of the molecule is C[C@]12CC[C@H](O)C[C@H]1CC[C@@H]1[C@@H]2CC[C@]2(C)[C@@H](/C=C/C=NOCCN)CC[C@]12O. The summed E-state index contributed by atoms with van der Waals surface area (Å²) in [6.07, 6.45) is 15.4. The fraction of sp³-hybridized carbons (Fsp3) is 0.875. The van der Waals surface area contributed by atoms with Gasteiger partial charge in [-0.2, -0.15) is 0 Å². The summed E-state index contributed by atoms with van der Waals surface area (Å²) in [5.41, 5.74) is 5.06. The molecule has 29 heavy (non-hydrogen) atoms. The molecule has 4 N–H and O–H groups in total. The number of allylic oxidation sites excluding steroid dienone is 2. The zero-order valence-electron chi connectivity index (χ0n) is 18.2. The van der Waals surface area contributed by atoms with Crippen LogP contribution in [-0.2, 0) is 4.84 Å². The molecule has 0 aromatic carbocycles. The van der Waals surface area contributed by atoms with Crippen LogP contribution in [0.2, 0.25) is 0 Å². The van der Waals surface area contributed by atoms with Gasteiger partial charge in [-0.25, -0.2) is 0 Å². The third-order valence-electron chi connectivity index (χ3n) is 9.67. The molecule has 4 aliphatic rings. The molecule has 4 rings (SSSR count). The molecular formula is C24H40N2O3. The minimum atomic E-state index is -0.567. The van der Waals surface area contributed by atoms with E-state index >= 15 is 0 Å². The van der Waals surface area contributed by atoms with Crippen molar-refractivity contribution in [1.82, 2.24) is 0 Å². The number of hydrogen-bond donors (Lipinski definition) is 3. The molecular weight excluding hydrogens is 364 g/mol. The lowest BCUT2D eigenvalue weighted by molar-refractivity contribution is -0.207. The summed E-state index contributed by atoms with van der Waals surface area (Å²) in [6.45, 7) is 5.70. The van der Waals surface area contributed by atoms with E-state index in [0.29, 0.717) is 42.2 Å². The highest BCUT2D eigenvalue weighted by Crippen LogP contribution is 2.69. The maximum Gasteiger partial charge on any atom is 0.129 e. The highest BCUT2D eigenvalue weighted by Gasteiger charge is 2.66. The number of fused-ring (bicyclic) bond motifs is 5. The van der Waals surface area contributed by atoms with Crippen LogP contribution in [0.1, 0.15) is 71.6 Å². The predicted octanol–water partition coefficient (Wildman–Crippen LogP) is 3.64. The first-order chi connectivity index (χ1) is 13.8. The first-order valence-corrected chi connectivity index (χ1v) is 11.8. The lowest BCUT2D eigenvalue weighted by atomic mass is 9.43. The maximum absolute atomic E-state index is 12.1. The zero-order chi connectivity index (χ0) is 20.7. The van der Waals surface area contributed by atoms with E-state index < -0.39 is 5.60 Å². The van der Waals surface area contributed by atoms with Gasteiger partial charge in [0.2, 0.25) is 0 Å². The first kappa shape index (κ1) is 21.3. The van der Waals surface area contributed by atoms with Gasteiger partial charge in [-0.05, 0) is 93.0 Å². The molecule has 0 heterocycles. The van der Waals surface area contributed by atoms with Gasteiger partial charge >= 0.3 is 0 Å². The Hall–Kier alpha value is -0.910. The molecule has 0 amide bonds. The number of aliphatic hydroxyl groups excluding tert-OH is 1. The molecule has 0 saturated heterocycles. The summed E-state index contributed by atoms with van der Waals surface area (Å²) in [7, 11) is 0. The third-order valence-corrected chi connectivity index (χ3v) is 9.67. The van der Waals surface area contributed by atoms with Crippen LogP contribution in [0.3, 0.4) is 0 Å². The molecule has 4 fully saturated rings. The molecule has 0 unspecified atom stereocenters. The standard InChI is InChI=1S/C24H40N2O3/c1-22-10-8-19(27)16-18(22)5-6-21-20(22)9-11-23(2)17(7-12-24(21,23)28)4-3-14-26-29-15-13-25/h3-4,14,17-21,27-28H,5-13,15-16,25H2,1-2H3/b4-3+,26-14?/t17-,18+,19-,20-,21+,22-,23+,24-/m0/s1. The topological polar surface area (TPSA) is 88.1 Å². The van der Waals surface area contributed by atoms with Crippen molar-refractivity contribution in [2.24, 2.45) is 45.4 Å². The van der Waals surface area contributed by atoms with Gasteiger partial charge in [-0.3, -0.25) is 0 Å². The van der Waals surface area contributed by atoms with Crippen molar-refractivity contribution in [2.45, 2.75) is 83.3 Å². The summed E-state index contributed by atoms with van der Waals surface area (Å²) in [5, 5.41) is 26.2. The molecule has 0 aliphatic heterocycles. The summed E-state index contributed by atoms with van der Waals surface area (Å²) in [5.74, 6) is 2.01. The van der Waals surface area contributed by atoms with Crippen molar-refractivity contribution in [3.05, 3.63) is 12.2 Å². The Bertz CT molecular complexity index is 652. The smallest absolute Gasteiger partial charge is 0.129 e. The number of rotatable bonds is 5. The van der Waals surface area contributed by atoms with Gasteiger partial charge < -0.3 is 20.8 Å². The highest BCUT2D eigenvalue weighted by atomic mass is 16.6. The van der Waals surface area contributed by atoms with Crippen molar-refractivity contribution in [3.8, 4) is 0 Å². The second-order valence-corrected chi connectivity index (χ2v) is 10.7. The van der Waals surface area contributed by atoms with Crippen molar-refractivity contribution in [3.63, 3.8) is 0 Å². The van der Waals surface area contributed by atoms with E-state index in [1.165, 1.54) is 12.8 Å². The molecule has 0 aromatic rings. The Kier molecular flexibility index (Phi) is 5.86. The van der Waals surface area contributed by atoms with Crippen LogP contribution in [0.5, 0.6) is 0 Å². The van der Waals surface area contributed by atoms with E-state index in [0.717, 1.165) is 44.9 Å². The van der Waals surface area contributed by atoms with E-state index in [1.807, 2.05) is 6.08 Å². The van der Waals surface area contributed by atoms with Crippen molar-refractivity contribution >= 4 is 6.21 Å². The van der Waals surface area contributed by atoms with Crippen LogP contribution in [0.4, 0.5) is 0 Å². The van der Waals surface area contributed by atoms with Gasteiger partial charge in [0.15, 0.2) is 0 Å². The maximum atomic E-state index is 12.1. The number of aliphatic hydroxyl groups is 2. The quantitative estimate of drug-likeness (QED) is 0.371. The largest absolute Gasteiger partial charge is 0.394 e. The number of oxime groups is 1. The monoisotopic (exact) mass is 404 g/mol. The lowest BCUT2D eigenvalue weighted by Crippen LogP contribution is -2.62.